The molecule has 1 heterocycles. The summed E-state index contributed by atoms with van der Waals surface area (Å²) in [6.07, 6.45) is -1.24. The highest BCUT2D eigenvalue weighted by molar-refractivity contribution is 6.16. The lowest BCUT2D eigenvalue weighted by Crippen LogP contribution is -2.50. The topological polar surface area (TPSA) is 73.8 Å². The van der Waals surface area contributed by atoms with Gasteiger partial charge in [-0.05, 0) is 19.1 Å². The van der Waals surface area contributed by atoms with Crippen molar-refractivity contribution in [3.05, 3.63) is 101 Å². The summed E-state index contributed by atoms with van der Waals surface area (Å²) in [6.45, 7) is 1.85. The van der Waals surface area contributed by atoms with E-state index in [4.69, 9.17) is 4.99 Å². The van der Waals surface area contributed by atoms with Crippen molar-refractivity contribution in [2.75, 3.05) is 18.5 Å². The highest BCUT2D eigenvalue weighted by Crippen LogP contribution is 2.26. The molecule has 0 saturated heterocycles. The van der Waals surface area contributed by atoms with Gasteiger partial charge in [0.2, 0.25) is 11.8 Å². The van der Waals surface area contributed by atoms with Gasteiger partial charge in [-0.1, -0.05) is 48.5 Å². The monoisotopic (exact) mass is 494 g/mol. The van der Waals surface area contributed by atoms with Crippen molar-refractivity contribution in [2.24, 2.45) is 4.99 Å². The lowest BCUT2D eigenvalue weighted by atomic mass is 10.0. The predicted molar refractivity (Wildman–Crippen MR) is 131 cm³/mol. The Morgan fingerprint density at radius 1 is 1.06 bits per heavy atom. The number of para-hydroxylation sites is 1. The molecule has 0 fully saturated rings. The average Bonchev–Trinajstić information content (AvgIpc) is 2.99. The molecule has 0 bridgehead atoms. The van der Waals surface area contributed by atoms with Crippen LogP contribution in [-0.4, -0.2) is 43.3 Å². The zero-order valence-electron chi connectivity index (χ0n) is 19.8. The van der Waals surface area contributed by atoms with E-state index in [0.29, 0.717) is 12.6 Å². The van der Waals surface area contributed by atoms with E-state index in [2.05, 4.69) is 10.6 Å². The number of hydrogen-bond acceptors (Lipinski definition) is 4. The zero-order chi connectivity index (χ0) is 25.8. The summed E-state index contributed by atoms with van der Waals surface area (Å²) < 4.78 is 40.7. The molecule has 2 amide bonds. The Morgan fingerprint density at radius 3 is 2.50 bits per heavy atom. The third-order valence-corrected chi connectivity index (χ3v) is 5.85. The highest BCUT2D eigenvalue weighted by atomic mass is 19.2. The first-order chi connectivity index (χ1) is 17.2. The number of fused-ring (bicyclic) bond motifs is 1. The van der Waals surface area contributed by atoms with E-state index in [1.807, 2.05) is 66.5 Å². The van der Waals surface area contributed by atoms with Gasteiger partial charge in [-0.25, -0.2) is 13.2 Å². The number of benzene rings is 3. The molecule has 2 N–H and O–H groups in total. The van der Waals surface area contributed by atoms with Gasteiger partial charge in [0.25, 0.3) is 0 Å². The third-order valence-electron chi connectivity index (χ3n) is 5.85. The first kappa shape index (κ1) is 25.0. The number of nitrogens with one attached hydrogen (secondary N) is 2. The smallest absolute Gasteiger partial charge is 0.243 e. The number of carbonyl (C=O) groups excluding carboxylic acids is 2. The maximum Gasteiger partial charge on any atom is 0.243 e. The second-order valence-corrected chi connectivity index (χ2v) is 8.59. The summed E-state index contributed by atoms with van der Waals surface area (Å²) in [4.78, 5) is 32.1. The van der Waals surface area contributed by atoms with Crippen LogP contribution in [0.1, 0.15) is 23.6 Å². The molecule has 6 nitrogen and oxygen atoms in total. The van der Waals surface area contributed by atoms with Crippen LogP contribution in [0, 0.1) is 17.5 Å². The minimum Gasteiger partial charge on any atom is -0.370 e. The molecule has 0 spiro atoms. The number of halogens is 3. The van der Waals surface area contributed by atoms with Gasteiger partial charge < -0.3 is 15.5 Å². The van der Waals surface area contributed by atoms with Crippen LogP contribution in [0.15, 0.2) is 71.7 Å². The number of carbonyl (C=O) groups is 2. The van der Waals surface area contributed by atoms with Gasteiger partial charge in [-0.2, -0.15) is 0 Å². The minimum absolute atomic E-state index is 0.382. The molecule has 9 heteroatoms. The van der Waals surface area contributed by atoms with Gasteiger partial charge in [-0.15, -0.1) is 0 Å². The zero-order valence-corrected chi connectivity index (χ0v) is 19.8. The summed E-state index contributed by atoms with van der Waals surface area (Å²) >= 11 is 0. The van der Waals surface area contributed by atoms with Crippen molar-refractivity contribution in [3.63, 3.8) is 0 Å². The van der Waals surface area contributed by atoms with Crippen molar-refractivity contribution < 1.29 is 22.8 Å². The second-order valence-electron chi connectivity index (χ2n) is 8.59. The Balaban J connectivity index is 1.49. The van der Waals surface area contributed by atoms with Crippen molar-refractivity contribution in [1.82, 2.24) is 10.6 Å². The minimum atomic E-state index is -1.38. The molecule has 0 saturated carbocycles. The van der Waals surface area contributed by atoms with Crippen LogP contribution in [0.5, 0.6) is 0 Å². The summed E-state index contributed by atoms with van der Waals surface area (Å²) in [7, 11) is 1.90. The Morgan fingerprint density at radius 2 is 1.75 bits per heavy atom. The standard InChI is InChI=1S/C27H25F3N4O2/c1-16(31-24(35)13-18-12-19(28)14-21(29)25(18)30)27(36)33-23-15-34(2)22-11-7-6-10-20(22)26(32-23)17-8-4-3-5-9-17/h3-12,14,16,23H,13,15H2,1-2H3,(H,31,35)(H,33,36)/t16-,23+/m0/s1. The Labute approximate surface area is 206 Å². The largest absolute Gasteiger partial charge is 0.370 e. The van der Waals surface area contributed by atoms with Crippen molar-refractivity contribution in [2.45, 2.75) is 25.6 Å². The lowest BCUT2D eigenvalue weighted by molar-refractivity contribution is -0.128. The van der Waals surface area contributed by atoms with Crippen molar-refractivity contribution >= 4 is 23.2 Å². The molecule has 0 aromatic heterocycles. The molecule has 3 aromatic carbocycles. The predicted octanol–water partition coefficient (Wildman–Crippen LogP) is 3.58. The maximum atomic E-state index is 13.9. The van der Waals surface area contributed by atoms with Crippen molar-refractivity contribution in [1.29, 1.82) is 0 Å². The summed E-state index contributed by atoms with van der Waals surface area (Å²) in [5.41, 5.74) is 3.07. The first-order valence-electron chi connectivity index (χ1n) is 11.4. The van der Waals surface area contributed by atoms with Crippen molar-refractivity contribution in [3.8, 4) is 0 Å². The van der Waals surface area contributed by atoms with E-state index in [9.17, 15) is 22.8 Å². The molecule has 2 atom stereocenters. The van der Waals surface area contributed by atoms with Gasteiger partial charge in [0.05, 0.1) is 18.7 Å². The van der Waals surface area contributed by atoms with E-state index in [1.165, 1.54) is 6.92 Å². The Kier molecular flexibility index (Phi) is 7.38. The quantitative estimate of drug-likeness (QED) is 0.515. The van der Waals surface area contributed by atoms with Gasteiger partial charge in [0, 0.05) is 35.5 Å². The SMILES string of the molecule is C[C@H](NC(=O)Cc1cc(F)cc(F)c1F)C(=O)N[C@@H]1CN(C)c2ccccc2C(c2ccccc2)=N1. The maximum absolute atomic E-state index is 13.9. The van der Waals surface area contributed by atoms with E-state index in [1.54, 1.807) is 0 Å². The van der Waals surface area contributed by atoms with Crippen LogP contribution >= 0.6 is 0 Å². The molecule has 0 unspecified atom stereocenters. The number of benzodiazepines with no additional fused rings is 1. The lowest BCUT2D eigenvalue weighted by Gasteiger charge is -2.24. The molecular weight excluding hydrogens is 469 g/mol. The fraction of sp³-hybridized carbons (Fsp3) is 0.222. The van der Waals surface area contributed by atoms with Gasteiger partial charge in [0.1, 0.15) is 18.0 Å². The second kappa shape index (κ2) is 10.6. The molecule has 186 valence electrons. The molecular formula is C27H25F3N4O2. The van der Waals surface area contributed by atoms with Crippen LogP contribution in [0.25, 0.3) is 0 Å². The first-order valence-corrected chi connectivity index (χ1v) is 11.4. The fourth-order valence-corrected chi connectivity index (χ4v) is 4.09. The van der Waals surface area contributed by atoms with Crippen LogP contribution < -0.4 is 15.5 Å². The number of amides is 2. The van der Waals surface area contributed by atoms with Gasteiger partial charge in [0.15, 0.2) is 11.6 Å². The normalized spacial score (nSPS) is 15.9. The van der Waals surface area contributed by atoms with Gasteiger partial charge >= 0.3 is 0 Å². The molecule has 36 heavy (non-hydrogen) atoms. The molecule has 0 aliphatic carbocycles. The van der Waals surface area contributed by atoms with E-state index >= 15 is 0 Å². The van der Waals surface area contributed by atoms with Crippen LogP contribution in [0.2, 0.25) is 0 Å². The van der Waals surface area contributed by atoms with E-state index in [0.717, 1.165) is 28.6 Å². The van der Waals surface area contributed by atoms with Crippen LogP contribution in [-0.2, 0) is 16.0 Å². The summed E-state index contributed by atoms with van der Waals surface area (Å²) in [5, 5.41) is 5.29. The summed E-state index contributed by atoms with van der Waals surface area (Å²) in [6, 6.07) is 17.6. The number of nitrogens with zero attached hydrogens (tertiary/aromatic N) is 2. The molecule has 4 rings (SSSR count). The number of hydrogen-bond donors (Lipinski definition) is 2. The van der Waals surface area contributed by atoms with E-state index in [-0.39, 0.29) is 0 Å². The number of aliphatic imine (C=N–C) groups is 1. The molecule has 0 radical (unpaired) electrons. The molecule has 3 aromatic rings. The summed E-state index contributed by atoms with van der Waals surface area (Å²) in [5.74, 6) is -4.93. The molecule has 1 aliphatic heterocycles. The van der Waals surface area contributed by atoms with Crippen LogP contribution in [0.3, 0.4) is 0 Å². The average molecular weight is 495 g/mol. The number of rotatable bonds is 6. The van der Waals surface area contributed by atoms with E-state index < -0.39 is 53.5 Å². The third kappa shape index (κ3) is 5.56. The van der Waals surface area contributed by atoms with Gasteiger partial charge in [-0.3, -0.25) is 14.6 Å². The highest BCUT2D eigenvalue weighted by Gasteiger charge is 2.26. The number of anilines is 1. The number of likely N-dealkylation sites (N-methyl/N-ethyl adjacent to an activating group) is 1. The fourth-order valence-electron chi connectivity index (χ4n) is 4.09. The van der Waals surface area contributed by atoms with Crippen LogP contribution in [0.4, 0.5) is 18.9 Å². The molecule has 1 aliphatic rings. The Bertz CT molecular complexity index is 1310. The Hall–Kier alpha value is -4.14.